The van der Waals surface area contributed by atoms with Gasteiger partial charge in [0.15, 0.2) is 5.69 Å². The van der Waals surface area contributed by atoms with Crippen LogP contribution in [-0.4, -0.2) is 34.3 Å². The largest absolute Gasteiger partial charge is 0.461 e. The number of fused-ring (bicyclic) bond motifs is 1. The van der Waals surface area contributed by atoms with Crippen molar-refractivity contribution in [3.8, 4) is 0 Å². The summed E-state index contributed by atoms with van der Waals surface area (Å²) in [5.41, 5.74) is 7.06. The molecule has 134 valence electrons. The normalized spacial score (nSPS) is 13.1. The number of anilines is 1. The summed E-state index contributed by atoms with van der Waals surface area (Å²) in [6, 6.07) is 9.16. The highest BCUT2D eigenvalue weighted by atomic mass is 16.5. The van der Waals surface area contributed by atoms with Crippen LogP contribution in [0.1, 0.15) is 55.8 Å². The van der Waals surface area contributed by atoms with Crippen LogP contribution in [0.2, 0.25) is 0 Å². The van der Waals surface area contributed by atoms with Crippen molar-refractivity contribution in [1.29, 1.82) is 0 Å². The molecule has 2 aromatic rings. The van der Waals surface area contributed by atoms with Crippen LogP contribution in [0.3, 0.4) is 0 Å². The first kappa shape index (κ1) is 17.6. The number of amides is 2. The molecule has 0 atom stereocenters. The van der Waals surface area contributed by atoms with Gasteiger partial charge in [0.25, 0.3) is 11.8 Å². The number of hydrogen-bond donors (Lipinski definition) is 1. The van der Waals surface area contributed by atoms with Gasteiger partial charge in [-0.2, -0.15) is 0 Å². The summed E-state index contributed by atoms with van der Waals surface area (Å²) in [5, 5.41) is 0. The first-order valence-corrected chi connectivity index (χ1v) is 8.33. The molecule has 3 rings (SSSR count). The van der Waals surface area contributed by atoms with Crippen LogP contribution in [0.15, 0.2) is 30.3 Å². The summed E-state index contributed by atoms with van der Waals surface area (Å²) in [4.78, 5) is 43.0. The molecule has 2 heterocycles. The van der Waals surface area contributed by atoms with Crippen LogP contribution < -0.4 is 5.73 Å². The second-order valence-corrected chi connectivity index (χ2v) is 6.03. The van der Waals surface area contributed by atoms with Crippen LogP contribution in [0.5, 0.6) is 0 Å². The molecule has 0 bridgehead atoms. The van der Waals surface area contributed by atoms with E-state index in [2.05, 4.69) is 4.98 Å². The van der Waals surface area contributed by atoms with Crippen molar-refractivity contribution in [2.45, 2.75) is 26.8 Å². The Morgan fingerprint density at radius 1 is 1.15 bits per heavy atom. The molecule has 0 saturated heterocycles. The Morgan fingerprint density at radius 3 is 2.46 bits per heavy atom. The lowest BCUT2D eigenvalue weighted by molar-refractivity contribution is 0.0498. The number of nitrogens with zero attached hydrogens (tertiary/aromatic N) is 2. The number of hydrogen-bond acceptors (Lipinski definition) is 6. The number of aryl methyl sites for hydroxylation is 1. The maximum Gasteiger partial charge on any atom is 0.359 e. The SMILES string of the molecule is CCCOC(=O)c1nc(C)c2c(c1N)C(=O)N(Cc1ccccc1)C2=O. The second kappa shape index (κ2) is 6.95. The summed E-state index contributed by atoms with van der Waals surface area (Å²) in [6.07, 6.45) is 0.651. The number of nitrogens with two attached hydrogens (primary N) is 1. The highest BCUT2D eigenvalue weighted by Crippen LogP contribution is 2.32. The molecule has 2 N–H and O–H groups in total. The molecule has 26 heavy (non-hydrogen) atoms. The minimum atomic E-state index is -0.697. The molecule has 7 nitrogen and oxygen atoms in total. The molecule has 0 fully saturated rings. The van der Waals surface area contributed by atoms with Crippen LogP contribution in [-0.2, 0) is 11.3 Å². The van der Waals surface area contributed by atoms with Crippen molar-refractivity contribution in [2.75, 3.05) is 12.3 Å². The number of rotatable bonds is 5. The molecular weight excluding hydrogens is 334 g/mol. The quantitative estimate of drug-likeness (QED) is 0.654. The number of nitrogen functional groups attached to an aromatic ring is 1. The molecule has 1 aromatic heterocycles. The van der Waals surface area contributed by atoms with E-state index >= 15 is 0 Å². The highest BCUT2D eigenvalue weighted by molar-refractivity contribution is 6.25. The van der Waals surface area contributed by atoms with E-state index in [1.165, 1.54) is 0 Å². The topological polar surface area (TPSA) is 103 Å². The first-order chi connectivity index (χ1) is 12.5. The lowest BCUT2D eigenvalue weighted by atomic mass is 10.1. The van der Waals surface area contributed by atoms with E-state index in [9.17, 15) is 14.4 Å². The fraction of sp³-hybridized carbons (Fsp3) is 0.263. The van der Waals surface area contributed by atoms with Crippen molar-refractivity contribution < 1.29 is 19.1 Å². The van der Waals surface area contributed by atoms with Gasteiger partial charge in [-0.3, -0.25) is 14.5 Å². The standard InChI is InChI=1S/C19H19N3O4/c1-3-9-26-19(25)16-15(20)14-13(11(2)21-16)17(23)22(18(14)24)10-12-7-5-4-6-8-12/h4-8H,3,9-10,20H2,1-2H3. The number of benzene rings is 1. The fourth-order valence-corrected chi connectivity index (χ4v) is 2.89. The Kier molecular flexibility index (Phi) is 4.71. The van der Waals surface area contributed by atoms with Gasteiger partial charge in [0.05, 0.1) is 35.7 Å². The van der Waals surface area contributed by atoms with Gasteiger partial charge in [0.1, 0.15) is 0 Å². The summed E-state index contributed by atoms with van der Waals surface area (Å²) >= 11 is 0. The molecule has 1 aliphatic heterocycles. The number of carbonyl (C=O) groups is 3. The van der Waals surface area contributed by atoms with Crippen molar-refractivity contribution in [3.05, 3.63) is 58.4 Å². The van der Waals surface area contributed by atoms with Crippen LogP contribution >= 0.6 is 0 Å². The van der Waals surface area contributed by atoms with Crippen molar-refractivity contribution in [1.82, 2.24) is 9.88 Å². The molecule has 2 amide bonds. The maximum absolute atomic E-state index is 12.8. The van der Waals surface area contributed by atoms with E-state index < -0.39 is 17.8 Å². The van der Waals surface area contributed by atoms with Gasteiger partial charge in [-0.1, -0.05) is 37.3 Å². The molecule has 0 radical (unpaired) electrons. The summed E-state index contributed by atoms with van der Waals surface area (Å²) < 4.78 is 5.07. The Bertz CT molecular complexity index is 893. The Hall–Kier alpha value is -3.22. The van der Waals surface area contributed by atoms with Crippen LogP contribution in [0.4, 0.5) is 5.69 Å². The zero-order chi connectivity index (χ0) is 18.8. The molecule has 7 heteroatoms. The van der Waals surface area contributed by atoms with Gasteiger partial charge >= 0.3 is 5.97 Å². The number of esters is 1. The third-order valence-corrected chi connectivity index (χ3v) is 4.15. The Labute approximate surface area is 150 Å². The van der Waals surface area contributed by atoms with Gasteiger partial charge in [0, 0.05) is 0 Å². The summed E-state index contributed by atoms with van der Waals surface area (Å²) in [6.45, 7) is 3.79. The fourth-order valence-electron chi connectivity index (χ4n) is 2.89. The van der Waals surface area contributed by atoms with E-state index in [1.807, 2.05) is 37.3 Å². The predicted octanol–water partition coefficient (Wildman–Crippen LogP) is 2.34. The van der Waals surface area contributed by atoms with Crippen molar-refractivity contribution >= 4 is 23.5 Å². The molecule has 0 unspecified atom stereocenters. The van der Waals surface area contributed by atoms with Gasteiger partial charge < -0.3 is 10.5 Å². The number of pyridine rings is 1. The smallest absolute Gasteiger partial charge is 0.359 e. The summed E-state index contributed by atoms with van der Waals surface area (Å²) in [5.74, 6) is -1.68. The lowest BCUT2D eigenvalue weighted by Crippen LogP contribution is -2.29. The van der Waals surface area contributed by atoms with E-state index in [1.54, 1.807) is 6.92 Å². The Balaban J connectivity index is 1.99. The average molecular weight is 353 g/mol. The van der Waals surface area contributed by atoms with Gasteiger partial charge in [-0.15, -0.1) is 0 Å². The van der Waals surface area contributed by atoms with Crippen LogP contribution in [0.25, 0.3) is 0 Å². The average Bonchev–Trinajstić information content (AvgIpc) is 2.89. The molecule has 1 aromatic carbocycles. The summed E-state index contributed by atoms with van der Waals surface area (Å²) in [7, 11) is 0. The van der Waals surface area contributed by atoms with E-state index in [-0.39, 0.29) is 41.4 Å². The minimum absolute atomic E-state index is 0.0295. The van der Waals surface area contributed by atoms with Crippen molar-refractivity contribution in [3.63, 3.8) is 0 Å². The van der Waals surface area contributed by atoms with Crippen LogP contribution in [0, 0.1) is 6.92 Å². The van der Waals surface area contributed by atoms with Gasteiger partial charge in [-0.25, -0.2) is 9.78 Å². The molecular formula is C19H19N3O4. The van der Waals surface area contributed by atoms with Gasteiger partial charge in [0.2, 0.25) is 0 Å². The maximum atomic E-state index is 12.8. The molecule has 1 aliphatic rings. The van der Waals surface area contributed by atoms with Crippen molar-refractivity contribution in [2.24, 2.45) is 0 Å². The molecule has 0 saturated carbocycles. The Morgan fingerprint density at radius 2 is 1.81 bits per heavy atom. The zero-order valence-corrected chi connectivity index (χ0v) is 14.6. The van der Waals surface area contributed by atoms with E-state index in [4.69, 9.17) is 10.5 Å². The number of ether oxygens (including phenoxy) is 1. The second-order valence-electron chi connectivity index (χ2n) is 6.03. The third-order valence-electron chi connectivity index (χ3n) is 4.15. The molecule has 0 aliphatic carbocycles. The highest BCUT2D eigenvalue weighted by Gasteiger charge is 2.41. The monoisotopic (exact) mass is 353 g/mol. The zero-order valence-electron chi connectivity index (χ0n) is 14.6. The lowest BCUT2D eigenvalue weighted by Gasteiger charge is -2.13. The first-order valence-electron chi connectivity index (χ1n) is 8.33. The van der Waals surface area contributed by atoms with E-state index in [0.29, 0.717) is 6.42 Å². The molecule has 0 spiro atoms. The van der Waals surface area contributed by atoms with E-state index in [0.717, 1.165) is 10.5 Å². The number of carbonyl (C=O) groups excluding carboxylic acids is 3. The van der Waals surface area contributed by atoms with Gasteiger partial charge in [-0.05, 0) is 18.9 Å². The number of imide groups is 1. The third kappa shape index (κ3) is 2.92. The minimum Gasteiger partial charge on any atom is -0.461 e. The predicted molar refractivity (Wildman–Crippen MR) is 94.6 cm³/mol. The number of aromatic nitrogens is 1.